The summed E-state index contributed by atoms with van der Waals surface area (Å²) in [5.41, 5.74) is 1.65. The minimum Gasteiger partial charge on any atom is -0.302 e. The van der Waals surface area contributed by atoms with E-state index in [1.807, 2.05) is 5.38 Å². The van der Waals surface area contributed by atoms with Crippen molar-refractivity contribution in [3.05, 3.63) is 46.7 Å². The van der Waals surface area contributed by atoms with Crippen molar-refractivity contribution in [1.82, 2.24) is 9.88 Å². The first-order valence-corrected chi connectivity index (χ1v) is 9.57. The third kappa shape index (κ3) is 5.34. The maximum atomic E-state index is 13.2. The number of halogens is 1. The largest absolute Gasteiger partial charge is 0.302 e. The fourth-order valence-corrected chi connectivity index (χ4v) is 4.30. The Hall–Kier alpha value is -1.79. The van der Waals surface area contributed by atoms with E-state index in [1.165, 1.54) is 29.9 Å². The van der Waals surface area contributed by atoms with E-state index >= 15 is 0 Å². The molecule has 0 bridgehead atoms. The summed E-state index contributed by atoms with van der Waals surface area (Å²) in [6.45, 7) is 7.61. The molecule has 0 radical (unpaired) electrons. The van der Waals surface area contributed by atoms with Crippen LogP contribution >= 0.6 is 11.3 Å². The molecule has 2 atom stereocenters. The molecular formula is C19H24FN3OS. The van der Waals surface area contributed by atoms with Gasteiger partial charge in [-0.2, -0.15) is 0 Å². The highest BCUT2D eigenvalue weighted by molar-refractivity contribution is 7.13. The predicted molar refractivity (Wildman–Crippen MR) is 99.1 cm³/mol. The normalized spacial score (nSPS) is 21.2. The van der Waals surface area contributed by atoms with Gasteiger partial charge in [-0.05, 0) is 36.0 Å². The van der Waals surface area contributed by atoms with E-state index in [9.17, 15) is 9.18 Å². The van der Waals surface area contributed by atoms with E-state index < -0.39 is 0 Å². The van der Waals surface area contributed by atoms with Crippen molar-refractivity contribution in [2.75, 3.05) is 18.4 Å². The fraction of sp³-hybridized carbons (Fsp3) is 0.474. The van der Waals surface area contributed by atoms with Gasteiger partial charge in [0.25, 0.3) is 0 Å². The lowest BCUT2D eigenvalue weighted by atomic mass is 9.92. The second kappa shape index (κ2) is 8.06. The van der Waals surface area contributed by atoms with Gasteiger partial charge >= 0.3 is 0 Å². The van der Waals surface area contributed by atoms with Gasteiger partial charge in [0.15, 0.2) is 5.13 Å². The molecule has 3 rings (SSSR count). The summed E-state index contributed by atoms with van der Waals surface area (Å²) in [5.74, 6) is 0.930. The number of nitrogens with one attached hydrogen (secondary N) is 1. The number of piperidine rings is 1. The molecule has 1 N–H and O–H groups in total. The number of nitrogens with zero attached hydrogens (tertiary/aromatic N) is 2. The lowest BCUT2D eigenvalue weighted by Gasteiger charge is -2.34. The van der Waals surface area contributed by atoms with Gasteiger partial charge in [-0.3, -0.25) is 9.69 Å². The molecule has 1 saturated heterocycles. The standard InChI is InChI=1S/C19H24FN3OS/c1-13-6-14(2)10-23(9-13)11-17-12-25-19(21-17)22-18(24)8-15-4-3-5-16(20)7-15/h3-5,7,12-14H,6,8-11H2,1-2H3,(H,21,22,24)/t13-,14-/m1/s1. The topological polar surface area (TPSA) is 45.2 Å². The van der Waals surface area contributed by atoms with E-state index in [-0.39, 0.29) is 18.1 Å². The number of likely N-dealkylation sites (tertiary alicyclic amines) is 1. The van der Waals surface area contributed by atoms with Crippen LogP contribution in [0, 0.1) is 17.7 Å². The molecule has 0 aliphatic carbocycles. The summed E-state index contributed by atoms with van der Waals surface area (Å²) >= 11 is 1.44. The lowest BCUT2D eigenvalue weighted by molar-refractivity contribution is -0.115. The Labute approximate surface area is 152 Å². The van der Waals surface area contributed by atoms with Gasteiger partial charge in [0.1, 0.15) is 5.82 Å². The maximum absolute atomic E-state index is 13.2. The van der Waals surface area contributed by atoms with Gasteiger partial charge in [0.2, 0.25) is 5.91 Å². The van der Waals surface area contributed by atoms with Gasteiger partial charge in [-0.25, -0.2) is 9.37 Å². The van der Waals surface area contributed by atoms with Crippen LogP contribution in [0.5, 0.6) is 0 Å². The van der Waals surface area contributed by atoms with Crippen LogP contribution < -0.4 is 5.32 Å². The fourth-order valence-electron chi connectivity index (χ4n) is 3.58. The Morgan fingerprint density at radius 1 is 1.36 bits per heavy atom. The monoisotopic (exact) mass is 361 g/mol. The summed E-state index contributed by atoms with van der Waals surface area (Å²) in [6.07, 6.45) is 1.43. The first kappa shape index (κ1) is 18.0. The molecule has 1 aromatic heterocycles. The molecule has 6 heteroatoms. The molecule has 1 aliphatic rings. The number of aromatic nitrogens is 1. The van der Waals surface area contributed by atoms with Crippen LogP contribution in [-0.4, -0.2) is 28.9 Å². The van der Waals surface area contributed by atoms with Crippen molar-refractivity contribution in [1.29, 1.82) is 0 Å². The third-order valence-electron chi connectivity index (χ3n) is 4.38. The number of hydrogen-bond donors (Lipinski definition) is 1. The van der Waals surface area contributed by atoms with Crippen LogP contribution in [0.15, 0.2) is 29.6 Å². The van der Waals surface area contributed by atoms with Gasteiger partial charge in [0.05, 0.1) is 12.1 Å². The third-order valence-corrected chi connectivity index (χ3v) is 5.19. The van der Waals surface area contributed by atoms with Crippen LogP contribution in [0.3, 0.4) is 0 Å². The number of rotatable bonds is 5. The summed E-state index contributed by atoms with van der Waals surface area (Å²) in [4.78, 5) is 19.1. The average molecular weight is 361 g/mol. The molecule has 0 saturated carbocycles. The Morgan fingerprint density at radius 2 is 2.12 bits per heavy atom. The van der Waals surface area contributed by atoms with Crippen molar-refractivity contribution < 1.29 is 9.18 Å². The van der Waals surface area contributed by atoms with Crippen molar-refractivity contribution in [3.8, 4) is 0 Å². The Balaban J connectivity index is 1.53. The molecule has 1 fully saturated rings. The number of carbonyl (C=O) groups is 1. The summed E-state index contributed by atoms with van der Waals surface area (Å²) < 4.78 is 13.2. The number of hydrogen-bond acceptors (Lipinski definition) is 4. The van der Waals surface area contributed by atoms with Crippen molar-refractivity contribution in [2.24, 2.45) is 11.8 Å². The van der Waals surface area contributed by atoms with Crippen molar-refractivity contribution in [3.63, 3.8) is 0 Å². The summed E-state index contributed by atoms with van der Waals surface area (Å²) in [7, 11) is 0. The smallest absolute Gasteiger partial charge is 0.230 e. The molecule has 25 heavy (non-hydrogen) atoms. The van der Waals surface area contributed by atoms with Gasteiger partial charge in [-0.15, -0.1) is 11.3 Å². The second-order valence-corrected chi connectivity index (χ2v) is 8.00. The number of anilines is 1. The van der Waals surface area contributed by atoms with Crippen LogP contribution in [0.1, 0.15) is 31.5 Å². The quantitative estimate of drug-likeness (QED) is 0.877. The highest BCUT2D eigenvalue weighted by atomic mass is 32.1. The second-order valence-electron chi connectivity index (χ2n) is 7.14. The number of benzene rings is 1. The first-order valence-electron chi connectivity index (χ1n) is 8.69. The molecule has 1 amide bonds. The zero-order valence-corrected chi connectivity index (χ0v) is 15.5. The van der Waals surface area contributed by atoms with Gasteiger partial charge in [0, 0.05) is 25.0 Å². The molecule has 1 aliphatic heterocycles. The molecule has 2 aromatic rings. The molecule has 0 spiro atoms. The molecular weight excluding hydrogens is 337 g/mol. The highest BCUT2D eigenvalue weighted by Gasteiger charge is 2.22. The van der Waals surface area contributed by atoms with Crippen molar-refractivity contribution in [2.45, 2.75) is 33.2 Å². The number of thiazole rings is 1. The average Bonchev–Trinajstić information content (AvgIpc) is 2.92. The number of amides is 1. The number of carbonyl (C=O) groups excluding carboxylic acids is 1. The Bertz CT molecular complexity index is 723. The molecule has 0 unspecified atom stereocenters. The molecule has 134 valence electrons. The zero-order chi connectivity index (χ0) is 17.8. The Morgan fingerprint density at radius 3 is 2.84 bits per heavy atom. The maximum Gasteiger partial charge on any atom is 0.230 e. The lowest BCUT2D eigenvalue weighted by Crippen LogP contribution is -2.38. The van der Waals surface area contributed by atoms with Crippen LogP contribution in [0.25, 0.3) is 0 Å². The highest BCUT2D eigenvalue weighted by Crippen LogP contribution is 2.24. The van der Waals surface area contributed by atoms with Crippen molar-refractivity contribution >= 4 is 22.4 Å². The van der Waals surface area contributed by atoms with Gasteiger partial charge < -0.3 is 5.32 Å². The molecule has 1 aromatic carbocycles. The van der Waals surface area contributed by atoms with Crippen LogP contribution in [0.4, 0.5) is 9.52 Å². The van der Waals surface area contributed by atoms with E-state index in [0.29, 0.717) is 22.5 Å². The Kier molecular flexibility index (Phi) is 5.81. The minimum atomic E-state index is -0.327. The zero-order valence-electron chi connectivity index (χ0n) is 14.7. The summed E-state index contributed by atoms with van der Waals surface area (Å²) in [6, 6.07) is 6.11. The van der Waals surface area contributed by atoms with E-state index in [4.69, 9.17) is 0 Å². The summed E-state index contributed by atoms with van der Waals surface area (Å²) in [5, 5.41) is 5.42. The van der Waals surface area contributed by atoms with Crippen LogP contribution in [0.2, 0.25) is 0 Å². The van der Waals surface area contributed by atoms with E-state index in [1.54, 1.807) is 12.1 Å². The predicted octanol–water partition coefficient (Wildman–Crippen LogP) is 3.94. The molecule has 2 heterocycles. The van der Waals surface area contributed by atoms with Gasteiger partial charge in [-0.1, -0.05) is 26.0 Å². The molecule has 4 nitrogen and oxygen atoms in total. The van der Waals surface area contributed by atoms with E-state index in [0.717, 1.165) is 25.3 Å². The minimum absolute atomic E-state index is 0.147. The van der Waals surface area contributed by atoms with E-state index in [2.05, 4.69) is 29.0 Å². The first-order chi connectivity index (χ1) is 12.0. The SMILES string of the molecule is C[C@@H]1C[C@@H](C)CN(Cc2csc(NC(=O)Cc3cccc(F)c3)n2)C1. The van der Waals surface area contributed by atoms with Crippen LogP contribution in [-0.2, 0) is 17.8 Å².